The average Bonchev–Trinajstić information content (AvgIpc) is 2.19. The van der Waals surface area contributed by atoms with Gasteiger partial charge in [-0.1, -0.05) is 0 Å². The van der Waals surface area contributed by atoms with Crippen molar-refractivity contribution in [3.8, 4) is 0 Å². The lowest BCUT2D eigenvalue weighted by atomic mass is 10.1. The van der Waals surface area contributed by atoms with Gasteiger partial charge in [0.2, 0.25) is 5.91 Å². The van der Waals surface area contributed by atoms with Crippen molar-refractivity contribution in [1.29, 1.82) is 0 Å². The molecule has 0 bridgehead atoms. The van der Waals surface area contributed by atoms with Crippen LogP contribution in [0.2, 0.25) is 0 Å². The Bertz CT molecular complexity index is 248. The summed E-state index contributed by atoms with van der Waals surface area (Å²) in [6.45, 7) is 2.45. The number of nitrogens with one attached hydrogen (secondary N) is 2. The van der Waals surface area contributed by atoms with E-state index in [-0.39, 0.29) is 18.0 Å². The highest BCUT2D eigenvalue weighted by Gasteiger charge is 2.29. The number of hydrogen-bond acceptors (Lipinski definition) is 3. The van der Waals surface area contributed by atoms with Crippen LogP contribution in [0.3, 0.4) is 0 Å². The zero-order valence-corrected chi connectivity index (χ0v) is 8.08. The molecule has 0 aromatic rings. The van der Waals surface area contributed by atoms with E-state index in [2.05, 4.69) is 10.6 Å². The minimum Gasteiger partial charge on any atom is -0.320 e. The van der Waals surface area contributed by atoms with Crippen molar-refractivity contribution in [3.05, 3.63) is 0 Å². The number of imide groups is 1. The van der Waals surface area contributed by atoms with Crippen molar-refractivity contribution >= 4 is 11.9 Å². The van der Waals surface area contributed by atoms with Gasteiger partial charge in [0.15, 0.2) is 0 Å². The predicted octanol–water partition coefficient (Wildman–Crippen LogP) is -0.320. The summed E-state index contributed by atoms with van der Waals surface area (Å²) in [5.41, 5.74) is 0. The zero-order chi connectivity index (χ0) is 9.97. The van der Waals surface area contributed by atoms with Crippen molar-refractivity contribution in [2.75, 3.05) is 19.6 Å². The van der Waals surface area contributed by atoms with E-state index in [0.29, 0.717) is 13.0 Å². The second kappa shape index (κ2) is 3.96. The molecule has 1 unspecified atom stereocenters. The third-order valence-electron chi connectivity index (χ3n) is 2.80. The number of nitrogens with zero attached hydrogens (tertiary/aromatic N) is 1. The first-order valence-electron chi connectivity index (χ1n) is 5.08. The number of rotatable bonds is 1. The third kappa shape index (κ3) is 1.87. The first kappa shape index (κ1) is 9.45. The fourth-order valence-corrected chi connectivity index (χ4v) is 2.02. The summed E-state index contributed by atoms with van der Waals surface area (Å²) >= 11 is 0. The van der Waals surface area contributed by atoms with Crippen molar-refractivity contribution in [2.45, 2.75) is 25.3 Å². The van der Waals surface area contributed by atoms with Gasteiger partial charge in [-0.15, -0.1) is 0 Å². The zero-order valence-electron chi connectivity index (χ0n) is 8.08. The molecular formula is C9H15N3O2. The van der Waals surface area contributed by atoms with Gasteiger partial charge in [0.25, 0.3) is 0 Å². The Balaban J connectivity index is 1.95. The molecule has 2 aliphatic rings. The second-order valence-electron chi connectivity index (χ2n) is 3.80. The maximum atomic E-state index is 11.5. The molecule has 2 heterocycles. The smallest absolute Gasteiger partial charge is 0.320 e. The predicted molar refractivity (Wildman–Crippen MR) is 50.8 cm³/mol. The maximum absolute atomic E-state index is 11.5. The Morgan fingerprint density at radius 1 is 1.36 bits per heavy atom. The van der Waals surface area contributed by atoms with Gasteiger partial charge in [-0.2, -0.15) is 0 Å². The van der Waals surface area contributed by atoms with Gasteiger partial charge in [0, 0.05) is 25.6 Å². The highest BCUT2D eigenvalue weighted by molar-refractivity contribution is 5.96. The van der Waals surface area contributed by atoms with E-state index in [9.17, 15) is 9.59 Å². The van der Waals surface area contributed by atoms with E-state index in [0.717, 1.165) is 25.9 Å². The van der Waals surface area contributed by atoms with Gasteiger partial charge >= 0.3 is 6.03 Å². The van der Waals surface area contributed by atoms with Crippen molar-refractivity contribution < 1.29 is 9.59 Å². The van der Waals surface area contributed by atoms with Crippen molar-refractivity contribution in [2.24, 2.45) is 0 Å². The summed E-state index contributed by atoms with van der Waals surface area (Å²) in [7, 11) is 0. The highest BCUT2D eigenvalue weighted by atomic mass is 16.2. The molecule has 0 aromatic heterocycles. The van der Waals surface area contributed by atoms with Crippen LogP contribution in [0.15, 0.2) is 0 Å². The molecule has 1 atom stereocenters. The van der Waals surface area contributed by atoms with Crippen molar-refractivity contribution in [3.63, 3.8) is 0 Å². The third-order valence-corrected chi connectivity index (χ3v) is 2.80. The van der Waals surface area contributed by atoms with Crippen LogP contribution in [0.5, 0.6) is 0 Å². The number of carbonyl (C=O) groups is 2. The molecule has 5 nitrogen and oxygen atoms in total. The Morgan fingerprint density at radius 3 is 2.86 bits per heavy atom. The van der Waals surface area contributed by atoms with Gasteiger partial charge < -0.3 is 10.2 Å². The number of amides is 3. The Morgan fingerprint density at radius 2 is 2.21 bits per heavy atom. The highest BCUT2D eigenvalue weighted by Crippen LogP contribution is 2.13. The number of carbonyl (C=O) groups excluding carboxylic acids is 2. The molecule has 2 aliphatic heterocycles. The number of urea groups is 1. The fourth-order valence-electron chi connectivity index (χ4n) is 2.02. The Hall–Kier alpha value is -1.10. The van der Waals surface area contributed by atoms with Crippen LogP contribution in [0, 0.1) is 0 Å². The quantitative estimate of drug-likeness (QED) is 0.605. The van der Waals surface area contributed by atoms with Gasteiger partial charge in [0.05, 0.1) is 0 Å². The summed E-state index contributed by atoms with van der Waals surface area (Å²) in [6, 6.07) is 0.0341. The standard InChI is InChI=1S/C9H15N3O2/c13-8-3-5-12(9(14)11-8)7-2-1-4-10-6-7/h7,10H,1-6H2,(H,11,13,14). The van der Waals surface area contributed by atoms with E-state index in [4.69, 9.17) is 0 Å². The largest absolute Gasteiger partial charge is 0.324 e. The normalized spacial score (nSPS) is 28.9. The molecule has 2 N–H and O–H groups in total. The average molecular weight is 197 g/mol. The molecule has 14 heavy (non-hydrogen) atoms. The maximum Gasteiger partial charge on any atom is 0.324 e. The summed E-state index contributed by atoms with van der Waals surface area (Å²) in [4.78, 5) is 24.2. The second-order valence-corrected chi connectivity index (χ2v) is 3.80. The topological polar surface area (TPSA) is 61.4 Å². The van der Waals surface area contributed by atoms with Crippen LogP contribution < -0.4 is 10.6 Å². The molecule has 78 valence electrons. The first-order valence-corrected chi connectivity index (χ1v) is 5.08. The molecular weight excluding hydrogens is 182 g/mol. The molecule has 0 aliphatic carbocycles. The molecule has 2 fully saturated rings. The van der Waals surface area contributed by atoms with E-state index in [1.807, 2.05) is 0 Å². The summed E-state index contributed by atoms with van der Waals surface area (Å²) in [5.74, 6) is -0.157. The van der Waals surface area contributed by atoms with E-state index in [1.165, 1.54) is 0 Å². The Kier molecular flexibility index (Phi) is 2.67. The van der Waals surface area contributed by atoms with Gasteiger partial charge in [-0.3, -0.25) is 10.1 Å². The number of hydrogen-bond donors (Lipinski definition) is 2. The van der Waals surface area contributed by atoms with Crippen molar-refractivity contribution in [1.82, 2.24) is 15.5 Å². The van der Waals surface area contributed by atoms with Gasteiger partial charge in [-0.05, 0) is 19.4 Å². The molecule has 0 saturated carbocycles. The number of piperidine rings is 1. The molecule has 3 amide bonds. The lowest BCUT2D eigenvalue weighted by Gasteiger charge is -2.36. The van der Waals surface area contributed by atoms with E-state index < -0.39 is 0 Å². The summed E-state index contributed by atoms with van der Waals surface area (Å²) in [6.07, 6.45) is 2.57. The monoisotopic (exact) mass is 197 g/mol. The first-order chi connectivity index (χ1) is 6.77. The summed E-state index contributed by atoms with van der Waals surface area (Å²) in [5, 5.41) is 5.60. The van der Waals surface area contributed by atoms with Crippen LogP contribution in [0.25, 0.3) is 0 Å². The van der Waals surface area contributed by atoms with Gasteiger partial charge in [-0.25, -0.2) is 4.79 Å². The minimum atomic E-state index is -0.227. The van der Waals surface area contributed by atoms with Crippen LogP contribution in [-0.2, 0) is 4.79 Å². The SMILES string of the molecule is O=C1CCN(C2CCCNC2)C(=O)N1. The lowest BCUT2D eigenvalue weighted by molar-refractivity contribution is -0.121. The molecule has 0 aromatic carbocycles. The summed E-state index contributed by atoms with van der Waals surface area (Å²) < 4.78 is 0. The van der Waals surface area contributed by atoms with E-state index >= 15 is 0 Å². The molecule has 2 saturated heterocycles. The van der Waals surface area contributed by atoms with E-state index in [1.54, 1.807) is 4.90 Å². The fraction of sp³-hybridized carbons (Fsp3) is 0.778. The van der Waals surface area contributed by atoms with Gasteiger partial charge in [0.1, 0.15) is 0 Å². The lowest BCUT2D eigenvalue weighted by Crippen LogP contribution is -2.57. The van der Waals surface area contributed by atoms with Crippen LogP contribution >= 0.6 is 0 Å². The van der Waals surface area contributed by atoms with Crippen LogP contribution in [-0.4, -0.2) is 42.5 Å². The molecule has 2 rings (SSSR count). The molecule has 0 radical (unpaired) electrons. The molecule has 5 heteroatoms. The minimum absolute atomic E-state index is 0.157. The molecule has 0 spiro atoms. The van der Waals surface area contributed by atoms with Crippen LogP contribution in [0.4, 0.5) is 4.79 Å². The van der Waals surface area contributed by atoms with Crippen LogP contribution in [0.1, 0.15) is 19.3 Å². The Labute approximate surface area is 82.8 Å².